The molecule has 2 N–H and O–H groups in total. The zero-order valence-electron chi connectivity index (χ0n) is 11.3. The fourth-order valence-electron chi connectivity index (χ4n) is 2.15. The Hall–Kier alpha value is -0.680. The molecule has 102 valence electrons. The van der Waals surface area contributed by atoms with Gasteiger partial charge in [0.05, 0.1) is 3.79 Å². The minimum atomic E-state index is 0.611. The number of aryl methyl sites for hydroxylation is 1. The van der Waals surface area contributed by atoms with E-state index >= 15 is 0 Å². The molecule has 0 radical (unpaired) electrons. The third-order valence-electron chi connectivity index (χ3n) is 3.16. The molecule has 1 aromatic carbocycles. The van der Waals surface area contributed by atoms with Gasteiger partial charge in [0.15, 0.2) is 0 Å². The van der Waals surface area contributed by atoms with E-state index in [9.17, 15) is 0 Å². The fraction of sp³-hybridized carbons (Fsp3) is 0.333. The molecule has 4 heteroatoms. The van der Waals surface area contributed by atoms with E-state index in [2.05, 4.69) is 64.4 Å². The summed E-state index contributed by atoms with van der Waals surface area (Å²) in [6.45, 7) is 4.70. The van der Waals surface area contributed by atoms with Crippen molar-refractivity contribution in [1.82, 2.24) is 4.90 Å². The summed E-state index contributed by atoms with van der Waals surface area (Å²) in [6, 6.07) is 8.69. The number of nitrogens with zero attached hydrogens (tertiary/aromatic N) is 1. The molecule has 2 rings (SSSR count). The molecule has 2 aromatic rings. The van der Waals surface area contributed by atoms with Crippen LogP contribution in [0.3, 0.4) is 0 Å². The summed E-state index contributed by atoms with van der Waals surface area (Å²) in [5.74, 6) is 0. The van der Waals surface area contributed by atoms with Gasteiger partial charge in [0.25, 0.3) is 0 Å². The van der Waals surface area contributed by atoms with Crippen LogP contribution in [0, 0.1) is 6.92 Å². The highest BCUT2D eigenvalue weighted by Crippen LogP contribution is 2.22. The number of halogens is 1. The summed E-state index contributed by atoms with van der Waals surface area (Å²) in [7, 11) is 2.15. The molecule has 2 nitrogen and oxygen atoms in total. The molecule has 1 heterocycles. The van der Waals surface area contributed by atoms with Crippen LogP contribution in [0.1, 0.15) is 22.3 Å². The van der Waals surface area contributed by atoms with Crippen LogP contribution in [0.4, 0.5) is 0 Å². The molecule has 0 bridgehead atoms. The lowest BCUT2D eigenvalue weighted by atomic mass is 10.0. The van der Waals surface area contributed by atoms with E-state index in [1.165, 1.54) is 26.0 Å². The standard InChI is InChI=1S/C15H19BrN2S/c1-11-5-12(7-17)3-4-14(11)9-18(2)8-13-6-15(16)19-10-13/h3-6,10H,7-9,17H2,1-2H3. The van der Waals surface area contributed by atoms with Gasteiger partial charge in [-0.1, -0.05) is 18.2 Å². The number of hydrogen-bond acceptors (Lipinski definition) is 3. The zero-order chi connectivity index (χ0) is 13.8. The fourth-order valence-corrected chi connectivity index (χ4v) is 3.35. The first kappa shape index (κ1) is 14.7. The Morgan fingerprint density at radius 2 is 2.00 bits per heavy atom. The van der Waals surface area contributed by atoms with E-state index in [4.69, 9.17) is 5.73 Å². The largest absolute Gasteiger partial charge is 0.326 e. The summed E-state index contributed by atoms with van der Waals surface area (Å²) in [4.78, 5) is 2.33. The lowest BCUT2D eigenvalue weighted by Gasteiger charge is -2.18. The molecular formula is C15H19BrN2S. The highest BCUT2D eigenvalue weighted by atomic mass is 79.9. The van der Waals surface area contributed by atoms with Crippen molar-refractivity contribution < 1.29 is 0 Å². The number of benzene rings is 1. The van der Waals surface area contributed by atoms with Crippen molar-refractivity contribution in [2.75, 3.05) is 7.05 Å². The van der Waals surface area contributed by atoms with E-state index in [0.717, 1.165) is 13.1 Å². The number of thiophene rings is 1. The van der Waals surface area contributed by atoms with Crippen LogP contribution < -0.4 is 5.73 Å². The van der Waals surface area contributed by atoms with Gasteiger partial charge in [0.1, 0.15) is 0 Å². The Morgan fingerprint density at radius 1 is 1.21 bits per heavy atom. The van der Waals surface area contributed by atoms with Crippen molar-refractivity contribution in [1.29, 1.82) is 0 Å². The Labute approximate surface area is 127 Å². The minimum Gasteiger partial charge on any atom is -0.326 e. The van der Waals surface area contributed by atoms with Crippen LogP contribution in [-0.4, -0.2) is 11.9 Å². The van der Waals surface area contributed by atoms with Crippen molar-refractivity contribution in [3.05, 3.63) is 55.7 Å². The Morgan fingerprint density at radius 3 is 2.58 bits per heavy atom. The zero-order valence-corrected chi connectivity index (χ0v) is 13.7. The Kier molecular flexibility index (Phi) is 5.16. The monoisotopic (exact) mass is 338 g/mol. The normalized spacial score (nSPS) is 11.2. The Bertz CT molecular complexity index is 551. The number of rotatable bonds is 5. The molecule has 19 heavy (non-hydrogen) atoms. The van der Waals surface area contributed by atoms with E-state index in [1.54, 1.807) is 11.3 Å². The maximum absolute atomic E-state index is 5.66. The molecule has 0 saturated heterocycles. The van der Waals surface area contributed by atoms with Gasteiger partial charge < -0.3 is 5.73 Å². The smallest absolute Gasteiger partial charge is 0.0701 e. The van der Waals surface area contributed by atoms with Crippen molar-refractivity contribution >= 4 is 27.3 Å². The van der Waals surface area contributed by atoms with Gasteiger partial charge in [0.2, 0.25) is 0 Å². The van der Waals surface area contributed by atoms with Crippen LogP contribution in [0.25, 0.3) is 0 Å². The van der Waals surface area contributed by atoms with Gasteiger partial charge in [-0.3, -0.25) is 4.90 Å². The summed E-state index contributed by atoms with van der Waals surface area (Å²) in [5.41, 5.74) is 10.9. The van der Waals surface area contributed by atoms with Gasteiger partial charge in [0, 0.05) is 19.6 Å². The third kappa shape index (κ3) is 4.14. The van der Waals surface area contributed by atoms with E-state index in [-0.39, 0.29) is 0 Å². The first-order valence-corrected chi connectivity index (χ1v) is 7.95. The quantitative estimate of drug-likeness (QED) is 0.895. The summed E-state index contributed by atoms with van der Waals surface area (Å²) in [5, 5.41) is 2.20. The molecule has 1 aromatic heterocycles. The SMILES string of the molecule is Cc1cc(CN)ccc1CN(C)Cc1csc(Br)c1. The van der Waals surface area contributed by atoms with Crippen molar-refractivity contribution in [3.63, 3.8) is 0 Å². The van der Waals surface area contributed by atoms with Crippen LogP contribution in [0.2, 0.25) is 0 Å². The molecular weight excluding hydrogens is 320 g/mol. The highest BCUT2D eigenvalue weighted by molar-refractivity contribution is 9.11. The van der Waals surface area contributed by atoms with Crippen molar-refractivity contribution in [2.45, 2.75) is 26.6 Å². The van der Waals surface area contributed by atoms with E-state index in [0.29, 0.717) is 6.54 Å². The molecule has 0 saturated carbocycles. The molecule has 0 aliphatic heterocycles. The second-order valence-corrected chi connectivity index (χ2v) is 7.19. The van der Waals surface area contributed by atoms with Crippen molar-refractivity contribution in [2.24, 2.45) is 5.73 Å². The topological polar surface area (TPSA) is 29.3 Å². The van der Waals surface area contributed by atoms with Gasteiger partial charge >= 0.3 is 0 Å². The predicted molar refractivity (Wildman–Crippen MR) is 86.3 cm³/mol. The van der Waals surface area contributed by atoms with E-state index in [1.807, 2.05) is 0 Å². The van der Waals surface area contributed by atoms with Gasteiger partial charge in [-0.05, 0) is 63.6 Å². The molecule has 0 spiro atoms. The molecule has 0 aliphatic rings. The predicted octanol–water partition coefficient (Wildman–Crippen LogP) is 3.91. The van der Waals surface area contributed by atoms with Gasteiger partial charge in [-0.15, -0.1) is 11.3 Å². The Balaban J connectivity index is 2.00. The first-order chi connectivity index (χ1) is 9.08. The number of hydrogen-bond donors (Lipinski definition) is 1. The first-order valence-electron chi connectivity index (χ1n) is 6.28. The van der Waals surface area contributed by atoms with Crippen molar-refractivity contribution in [3.8, 4) is 0 Å². The third-order valence-corrected chi connectivity index (χ3v) is 4.71. The van der Waals surface area contributed by atoms with Crippen LogP contribution >= 0.6 is 27.3 Å². The second kappa shape index (κ2) is 6.66. The number of nitrogens with two attached hydrogens (primary N) is 1. The lowest BCUT2D eigenvalue weighted by molar-refractivity contribution is 0.319. The molecule has 0 aliphatic carbocycles. The average molecular weight is 339 g/mol. The van der Waals surface area contributed by atoms with Gasteiger partial charge in [-0.25, -0.2) is 0 Å². The second-order valence-electron chi connectivity index (χ2n) is 4.90. The van der Waals surface area contributed by atoms with E-state index < -0.39 is 0 Å². The summed E-state index contributed by atoms with van der Waals surface area (Å²) in [6.07, 6.45) is 0. The maximum Gasteiger partial charge on any atom is 0.0701 e. The lowest BCUT2D eigenvalue weighted by Crippen LogP contribution is -2.17. The highest BCUT2D eigenvalue weighted by Gasteiger charge is 2.06. The summed E-state index contributed by atoms with van der Waals surface area (Å²) < 4.78 is 1.19. The summed E-state index contributed by atoms with van der Waals surface area (Å²) >= 11 is 5.24. The van der Waals surface area contributed by atoms with Crippen LogP contribution in [0.15, 0.2) is 33.4 Å². The van der Waals surface area contributed by atoms with Gasteiger partial charge in [-0.2, -0.15) is 0 Å². The maximum atomic E-state index is 5.66. The molecule has 0 fully saturated rings. The molecule has 0 atom stereocenters. The molecule has 0 unspecified atom stereocenters. The van der Waals surface area contributed by atoms with Crippen LogP contribution in [-0.2, 0) is 19.6 Å². The minimum absolute atomic E-state index is 0.611. The average Bonchev–Trinajstić information content (AvgIpc) is 2.77. The molecule has 0 amide bonds. The van der Waals surface area contributed by atoms with Crippen LogP contribution in [0.5, 0.6) is 0 Å².